The van der Waals surface area contributed by atoms with Gasteiger partial charge in [-0.1, -0.05) is 65.9 Å². The summed E-state index contributed by atoms with van der Waals surface area (Å²) in [5, 5.41) is 0.0937. The number of benzene rings is 3. The highest BCUT2D eigenvalue weighted by Crippen LogP contribution is 2.35. The molecule has 1 aliphatic rings. The lowest BCUT2D eigenvalue weighted by Crippen LogP contribution is -2.32. The van der Waals surface area contributed by atoms with Crippen molar-refractivity contribution in [2.24, 2.45) is 4.99 Å². The minimum absolute atomic E-state index is 0.0176. The van der Waals surface area contributed by atoms with E-state index in [1.54, 1.807) is 4.90 Å². The summed E-state index contributed by atoms with van der Waals surface area (Å²) in [5.74, 6) is -0.129. The van der Waals surface area contributed by atoms with Crippen LogP contribution in [0.2, 0.25) is 0 Å². The van der Waals surface area contributed by atoms with Crippen LogP contribution in [0.4, 0.5) is 11.4 Å². The predicted octanol–water partition coefficient (Wildman–Crippen LogP) is 5.71. The van der Waals surface area contributed by atoms with Crippen LogP contribution in [0.5, 0.6) is 0 Å². The predicted molar refractivity (Wildman–Crippen MR) is 124 cm³/mol. The van der Waals surface area contributed by atoms with Crippen molar-refractivity contribution >= 4 is 40.0 Å². The molecular formula is C25H22N2O2S. The van der Waals surface area contributed by atoms with Crippen molar-refractivity contribution in [3.63, 3.8) is 0 Å². The molecule has 3 aromatic rings. The Kier molecular flexibility index (Phi) is 5.81. The number of ketones is 1. The number of aryl methyl sites for hydroxylation is 2. The number of thioether (sulfide) groups is 1. The summed E-state index contributed by atoms with van der Waals surface area (Å²) < 4.78 is 0. The summed E-state index contributed by atoms with van der Waals surface area (Å²) in [7, 11) is 0. The summed E-state index contributed by atoms with van der Waals surface area (Å²) >= 11 is 1.36. The smallest absolute Gasteiger partial charge is 0.247 e. The molecule has 1 atom stereocenters. The van der Waals surface area contributed by atoms with Crippen LogP contribution in [-0.2, 0) is 4.79 Å². The van der Waals surface area contributed by atoms with Crippen LogP contribution in [0.15, 0.2) is 83.9 Å². The van der Waals surface area contributed by atoms with Gasteiger partial charge in [0.05, 0.1) is 16.6 Å². The second kappa shape index (κ2) is 8.67. The van der Waals surface area contributed by atoms with Gasteiger partial charge >= 0.3 is 0 Å². The van der Waals surface area contributed by atoms with E-state index in [0.29, 0.717) is 10.7 Å². The molecule has 1 aliphatic heterocycles. The summed E-state index contributed by atoms with van der Waals surface area (Å²) in [6.07, 6.45) is 0.144. The number of para-hydroxylation sites is 2. The first-order valence-corrected chi connectivity index (χ1v) is 10.7. The van der Waals surface area contributed by atoms with Crippen LogP contribution in [0.25, 0.3) is 0 Å². The first-order valence-electron chi connectivity index (χ1n) is 9.83. The minimum Gasteiger partial charge on any atom is -0.294 e. The topological polar surface area (TPSA) is 49.7 Å². The molecular weight excluding hydrogens is 392 g/mol. The highest BCUT2D eigenvalue weighted by atomic mass is 32.2. The van der Waals surface area contributed by atoms with Gasteiger partial charge in [-0.15, -0.1) is 0 Å². The maximum absolute atomic E-state index is 13.3. The number of amidine groups is 1. The van der Waals surface area contributed by atoms with Crippen molar-refractivity contribution in [1.82, 2.24) is 0 Å². The van der Waals surface area contributed by atoms with E-state index < -0.39 is 5.25 Å². The first-order chi connectivity index (χ1) is 14.5. The number of anilines is 1. The molecule has 5 heteroatoms. The van der Waals surface area contributed by atoms with Crippen LogP contribution in [-0.4, -0.2) is 22.1 Å². The van der Waals surface area contributed by atoms with Crippen molar-refractivity contribution in [3.8, 4) is 0 Å². The SMILES string of the molecule is Cc1ccc(C)c(C(=O)CC2SC(=Nc3ccccc3)N(c3ccccc3)C2=O)c1. The molecule has 1 fully saturated rings. The Labute approximate surface area is 180 Å². The quantitative estimate of drug-likeness (QED) is 0.502. The van der Waals surface area contributed by atoms with Gasteiger partial charge in [-0.2, -0.15) is 0 Å². The molecule has 4 nitrogen and oxygen atoms in total. The van der Waals surface area contributed by atoms with Gasteiger partial charge < -0.3 is 0 Å². The Morgan fingerprint density at radius 1 is 0.967 bits per heavy atom. The van der Waals surface area contributed by atoms with Gasteiger partial charge in [0.25, 0.3) is 0 Å². The van der Waals surface area contributed by atoms with E-state index in [4.69, 9.17) is 4.99 Å². The Morgan fingerprint density at radius 3 is 2.33 bits per heavy atom. The van der Waals surface area contributed by atoms with Crippen LogP contribution >= 0.6 is 11.8 Å². The number of aliphatic imine (C=N–C) groups is 1. The number of nitrogens with zero attached hydrogens (tertiary/aromatic N) is 2. The molecule has 0 N–H and O–H groups in total. The molecule has 1 unspecified atom stereocenters. The molecule has 150 valence electrons. The average molecular weight is 415 g/mol. The van der Waals surface area contributed by atoms with Gasteiger partial charge in [-0.25, -0.2) is 4.99 Å². The maximum atomic E-state index is 13.3. The van der Waals surface area contributed by atoms with Crippen LogP contribution in [0.1, 0.15) is 27.9 Å². The van der Waals surface area contributed by atoms with Crippen LogP contribution in [0.3, 0.4) is 0 Å². The number of hydrogen-bond donors (Lipinski definition) is 0. The summed E-state index contributed by atoms with van der Waals surface area (Å²) in [4.78, 5) is 32.6. The van der Waals surface area contributed by atoms with Gasteiger partial charge in [-0.3, -0.25) is 14.5 Å². The van der Waals surface area contributed by atoms with Crippen molar-refractivity contribution in [2.75, 3.05) is 4.90 Å². The molecule has 0 radical (unpaired) electrons. The van der Waals surface area contributed by atoms with E-state index in [9.17, 15) is 9.59 Å². The fraction of sp³-hybridized carbons (Fsp3) is 0.160. The molecule has 0 spiro atoms. The standard InChI is InChI=1S/C25H22N2O2S/c1-17-13-14-18(2)21(15-17)22(28)16-23-24(29)27(20-11-7-4-8-12-20)25(30-23)26-19-9-5-3-6-10-19/h3-15,23H,16H2,1-2H3. The van der Waals surface area contributed by atoms with Gasteiger partial charge in [0.1, 0.15) is 0 Å². The zero-order valence-electron chi connectivity index (χ0n) is 16.9. The Morgan fingerprint density at radius 2 is 1.63 bits per heavy atom. The van der Waals surface area contributed by atoms with E-state index in [2.05, 4.69) is 0 Å². The molecule has 0 bridgehead atoms. The molecule has 4 rings (SSSR count). The van der Waals surface area contributed by atoms with Crippen molar-refractivity contribution in [3.05, 3.63) is 95.6 Å². The lowest BCUT2D eigenvalue weighted by molar-refractivity contribution is -0.116. The zero-order chi connectivity index (χ0) is 21.1. The van der Waals surface area contributed by atoms with Crippen LogP contribution < -0.4 is 4.90 Å². The zero-order valence-corrected chi connectivity index (χ0v) is 17.7. The van der Waals surface area contributed by atoms with E-state index >= 15 is 0 Å². The molecule has 0 aromatic heterocycles. The molecule has 1 saturated heterocycles. The highest BCUT2D eigenvalue weighted by Gasteiger charge is 2.40. The molecule has 1 amide bonds. The van der Waals surface area contributed by atoms with Gasteiger partial charge in [0.15, 0.2) is 11.0 Å². The monoisotopic (exact) mass is 414 g/mol. The van der Waals surface area contributed by atoms with E-state index in [1.807, 2.05) is 92.7 Å². The fourth-order valence-corrected chi connectivity index (χ4v) is 4.57. The Hall–Kier alpha value is -3.18. The van der Waals surface area contributed by atoms with Crippen LogP contribution in [0, 0.1) is 13.8 Å². The van der Waals surface area contributed by atoms with Gasteiger partial charge in [0, 0.05) is 12.0 Å². The minimum atomic E-state index is -0.500. The van der Waals surface area contributed by atoms with Gasteiger partial charge in [0.2, 0.25) is 5.91 Å². The number of hydrogen-bond acceptors (Lipinski definition) is 4. The second-order valence-electron chi connectivity index (χ2n) is 7.29. The third-order valence-corrected chi connectivity index (χ3v) is 6.13. The van der Waals surface area contributed by atoms with E-state index in [1.165, 1.54) is 11.8 Å². The van der Waals surface area contributed by atoms with E-state index in [0.717, 1.165) is 22.5 Å². The summed E-state index contributed by atoms with van der Waals surface area (Å²) in [5.41, 5.74) is 4.18. The third kappa shape index (κ3) is 4.21. The normalized spacial score (nSPS) is 17.5. The Bertz CT molecular complexity index is 1110. The number of Topliss-reactive ketones (excluding diaryl/α,β-unsaturated/α-hetero) is 1. The van der Waals surface area contributed by atoms with Gasteiger partial charge in [-0.05, 0) is 49.7 Å². The number of rotatable bonds is 5. The largest absolute Gasteiger partial charge is 0.294 e. The summed E-state index contributed by atoms with van der Waals surface area (Å²) in [6.45, 7) is 3.89. The Balaban J connectivity index is 1.65. The molecule has 3 aromatic carbocycles. The van der Waals surface area contributed by atoms with Crippen molar-refractivity contribution in [1.29, 1.82) is 0 Å². The molecule has 30 heavy (non-hydrogen) atoms. The van der Waals surface area contributed by atoms with Crippen molar-refractivity contribution < 1.29 is 9.59 Å². The average Bonchev–Trinajstić information content (AvgIpc) is 3.05. The maximum Gasteiger partial charge on any atom is 0.247 e. The molecule has 0 saturated carbocycles. The first kappa shape index (κ1) is 20.1. The second-order valence-corrected chi connectivity index (χ2v) is 8.46. The number of carbonyl (C=O) groups excluding carboxylic acids is 2. The third-order valence-electron chi connectivity index (χ3n) is 4.99. The molecule has 1 heterocycles. The molecule has 0 aliphatic carbocycles. The van der Waals surface area contributed by atoms with Crippen molar-refractivity contribution in [2.45, 2.75) is 25.5 Å². The van der Waals surface area contributed by atoms with E-state index in [-0.39, 0.29) is 18.1 Å². The lowest BCUT2D eigenvalue weighted by Gasteiger charge is -2.16. The lowest BCUT2D eigenvalue weighted by atomic mass is 9.99. The fourth-order valence-electron chi connectivity index (χ4n) is 3.42. The summed E-state index contributed by atoms with van der Waals surface area (Å²) in [6, 6.07) is 24.8. The number of carbonyl (C=O) groups is 2. The number of amides is 1. The highest BCUT2D eigenvalue weighted by molar-refractivity contribution is 8.16.